The molecule has 2 fully saturated rings. The Morgan fingerprint density at radius 3 is 2.48 bits per heavy atom. The maximum Gasteiger partial charge on any atom is 0.416 e. The van der Waals surface area contributed by atoms with Gasteiger partial charge in [-0.15, -0.1) is 11.3 Å². The number of alkyl halides is 3. The molecule has 4 heterocycles. The highest BCUT2D eigenvalue weighted by molar-refractivity contribution is 7.91. The fourth-order valence-electron chi connectivity index (χ4n) is 5.18. The molecule has 0 bridgehead atoms. The van der Waals surface area contributed by atoms with Gasteiger partial charge in [-0.1, -0.05) is 23.7 Å². The van der Waals surface area contributed by atoms with E-state index in [-0.39, 0.29) is 17.3 Å². The summed E-state index contributed by atoms with van der Waals surface area (Å²) in [6.45, 7) is 1.58. The Hall–Kier alpha value is -2.78. The lowest BCUT2D eigenvalue weighted by molar-refractivity contribution is -0.137. The Bertz CT molecular complexity index is 1550. The van der Waals surface area contributed by atoms with E-state index in [0.717, 1.165) is 29.9 Å². The molecule has 1 N–H and O–H groups in total. The number of rotatable bonds is 8. The van der Waals surface area contributed by atoms with E-state index in [2.05, 4.69) is 20.2 Å². The van der Waals surface area contributed by atoms with Crippen LogP contribution in [0.25, 0.3) is 11.3 Å². The molecule has 2 atom stereocenters. The van der Waals surface area contributed by atoms with Crippen LogP contribution < -0.4 is 10.2 Å². The molecule has 0 aliphatic carbocycles. The van der Waals surface area contributed by atoms with Crippen molar-refractivity contribution in [3.63, 3.8) is 0 Å². The van der Waals surface area contributed by atoms with E-state index in [4.69, 9.17) is 11.6 Å². The van der Waals surface area contributed by atoms with Crippen molar-refractivity contribution in [1.29, 1.82) is 0 Å². The van der Waals surface area contributed by atoms with Crippen molar-refractivity contribution >= 4 is 44.8 Å². The van der Waals surface area contributed by atoms with Gasteiger partial charge in [0.05, 0.1) is 27.8 Å². The first-order valence-corrected chi connectivity index (χ1v) is 16.0. The quantitative estimate of drug-likeness (QED) is 0.387. The molecular weight excluding hydrogens is 613 g/mol. The minimum atomic E-state index is -4.46. The van der Waals surface area contributed by atoms with E-state index < -0.39 is 33.7 Å². The molecule has 226 valence electrons. The highest BCUT2D eigenvalue weighted by Gasteiger charge is 2.40. The molecule has 2 aliphatic rings. The lowest BCUT2D eigenvalue weighted by atomic mass is 10.1. The highest BCUT2D eigenvalue weighted by Crippen LogP contribution is 2.33. The average molecular weight is 643 g/mol. The third-order valence-electron chi connectivity index (χ3n) is 7.51. The van der Waals surface area contributed by atoms with Crippen LogP contribution in [-0.4, -0.2) is 79.3 Å². The standard InChI is InChI=1S/C27H30ClF3N6O3S2/c1-35(2)20-11-13-36(16-20)26-33-19(14-21(34-26)17-5-7-18(8-6-17)27(29,30)31)15-32-25(38)22-4-3-12-37(22)42(39,40)24-10-9-23(28)41-24/h5-10,14,20,22H,3-4,11-13,15-16H2,1-2H3,(H,32,38)/t20?,22-/m0/s1. The number of thiophene rings is 1. The Morgan fingerprint density at radius 1 is 1.12 bits per heavy atom. The number of carbonyl (C=O) groups excluding carboxylic acids is 1. The minimum Gasteiger partial charge on any atom is -0.349 e. The molecule has 3 aromatic rings. The first-order chi connectivity index (χ1) is 19.8. The second kappa shape index (κ2) is 12.1. The second-order valence-corrected chi connectivity index (χ2v) is 14.4. The first kappa shape index (κ1) is 30.7. The maximum atomic E-state index is 13.3. The third kappa shape index (κ3) is 6.57. The number of aromatic nitrogens is 2. The van der Waals surface area contributed by atoms with Crippen LogP contribution in [0.1, 0.15) is 30.5 Å². The average Bonchev–Trinajstić information content (AvgIpc) is 3.72. The number of benzene rings is 1. The van der Waals surface area contributed by atoms with Crippen molar-refractivity contribution in [2.75, 3.05) is 38.6 Å². The van der Waals surface area contributed by atoms with Gasteiger partial charge in [-0.2, -0.15) is 17.5 Å². The van der Waals surface area contributed by atoms with Crippen LogP contribution in [0, 0.1) is 0 Å². The molecule has 42 heavy (non-hydrogen) atoms. The number of anilines is 1. The first-order valence-electron chi connectivity index (χ1n) is 13.3. The molecule has 15 heteroatoms. The van der Waals surface area contributed by atoms with E-state index in [1.54, 1.807) is 6.07 Å². The van der Waals surface area contributed by atoms with Crippen molar-refractivity contribution in [1.82, 2.24) is 24.5 Å². The largest absolute Gasteiger partial charge is 0.416 e. The van der Waals surface area contributed by atoms with Gasteiger partial charge in [-0.25, -0.2) is 18.4 Å². The molecule has 9 nitrogen and oxygen atoms in total. The second-order valence-electron chi connectivity index (χ2n) is 10.5. The molecule has 2 saturated heterocycles. The van der Waals surface area contributed by atoms with Crippen LogP contribution in [0.4, 0.5) is 19.1 Å². The lowest BCUT2D eigenvalue weighted by Crippen LogP contribution is -2.45. The summed E-state index contributed by atoms with van der Waals surface area (Å²) in [6.07, 6.45) is -2.66. The van der Waals surface area contributed by atoms with Gasteiger partial charge >= 0.3 is 6.18 Å². The van der Waals surface area contributed by atoms with Crippen molar-refractivity contribution in [3.8, 4) is 11.3 Å². The molecule has 2 aromatic heterocycles. The summed E-state index contributed by atoms with van der Waals surface area (Å²) in [5.74, 6) is -0.0375. The van der Waals surface area contributed by atoms with E-state index >= 15 is 0 Å². The highest BCUT2D eigenvalue weighted by atomic mass is 35.5. The molecule has 0 saturated carbocycles. The fraction of sp³-hybridized carbons (Fsp3) is 0.444. The predicted octanol–water partition coefficient (Wildman–Crippen LogP) is 4.49. The van der Waals surface area contributed by atoms with Gasteiger partial charge in [0.1, 0.15) is 10.3 Å². The molecule has 5 rings (SSSR count). The summed E-state index contributed by atoms with van der Waals surface area (Å²) in [6, 6.07) is 8.71. The fourth-order valence-corrected chi connectivity index (χ4v) is 8.44. The van der Waals surface area contributed by atoms with E-state index in [1.807, 2.05) is 19.0 Å². The Labute approximate surface area is 251 Å². The molecule has 1 unspecified atom stereocenters. The SMILES string of the molecule is CN(C)C1CCN(c2nc(CNC(=O)[C@@H]3CCCN3S(=O)(=O)c3ccc(Cl)s3)cc(-c3ccc(C(F)(F)F)cc3)n2)C1. The predicted molar refractivity (Wildman–Crippen MR) is 155 cm³/mol. The zero-order valence-corrected chi connectivity index (χ0v) is 25.3. The Balaban J connectivity index is 1.38. The van der Waals surface area contributed by atoms with Crippen LogP contribution in [0.15, 0.2) is 46.7 Å². The summed E-state index contributed by atoms with van der Waals surface area (Å²) in [5.41, 5.74) is 0.590. The number of halogens is 4. The monoisotopic (exact) mass is 642 g/mol. The Morgan fingerprint density at radius 2 is 1.86 bits per heavy atom. The topological polar surface area (TPSA) is 98.7 Å². The normalized spacial score (nSPS) is 20.0. The van der Waals surface area contributed by atoms with Crippen molar-refractivity contribution in [2.24, 2.45) is 0 Å². The molecule has 0 radical (unpaired) electrons. The zero-order valence-electron chi connectivity index (χ0n) is 22.9. The third-order valence-corrected chi connectivity index (χ3v) is 11.1. The number of hydrogen-bond acceptors (Lipinski definition) is 8. The summed E-state index contributed by atoms with van der Waals surface area (Å²) in [5, 5.41) is 2.82. The number of hydrogen-bond donors (Lipinski definition) is 1. The van der Waals surface area contributed by atoms with Gasteiger partial charge < -0.3 is 15.1 Å². The summed E-state index contributed by atoms with van der Waals surface area (Å²) < 4.78 is 67.4. The zero-order chi connectivity index (χ0) is 30.2. The van der Waals surface area contributed by atoms with Crippen LogP contribution in [-0.2, 0) is 27.5 Å². The van der Waals surface area contributed by atoms with Gasteiger partial charge in [0.15, 0.2) is 0 Å². The summed E-state index contributed by atoms with van der Waals surface area (Å²) in [4.78, 5) is 26.7. The number of sulfonamides is 1. The van der Waals surface area contributed by atoms with Gasteiger partial charge in [0, 0.05) is 31.2 Å². The lowest BCUT2D eigenvalue weighted by Gasteiger charge is -2.23. The van der Waals surface area contributed by atoms with Gasteiger partial charge in [0.25, 0.3) is 10.0 Å². The minimum absolute atomic E-state index is 0.0118. The number of likely N-dealkylation sites (N-methyl/N-ethyl adjacent to an activating group) is 1. The molecule has 0 spiro atoms. The molecular formula is C27H30ClF3N6O3S2. The molecule has 1 aromatic carbocycles. The summed E-state index contributed by atoms with van der Waals surface area (Å²) >= 11 is 6.89. The number of amides is 1. The number of nitrogens with one attached hydrogen (secondary N) is 1. The van der Waals surface area contributed by atoms with Gasteiger partial charge in [-0.3, -0.25) is 4.79 Å². The molecule has 1 amide bonds. The van der Waals surface area contributed by atoms with Crippen LogP contribution >= 0.6 is 22.9 Å². The van der Waals surface area contributed by atoms with Crippen molar-refractivity contribution in [3.05, 3.63) is 58.1 Å². The van der Waals surface area contributed by atoms with E-state index in [1.165, 1.54) is 28.6 Å². The summed E-state index contributed by atoms with van der Waals surface area (Å²) in [7, 11) is 0.0967. The van der Waals surface area contributed by atoms with Crippen molar-refractivity contribution < 1.29 is 26.4 Å². The number of carbonyl (C=O) groups is 1. The molecule has 2 aliphatic heterocycles. The smallest absolute Gasteiger partial charge is 0.349 e. The van der Waals surface area contributed by atoms with Crippen molar-refractivity contribution in [2.45, 2.75) is 48.3 Å². The van der Waals surface area contributed by atoms with Gasteiger partial charge in [-0.05, 0) is 63.7 Å². The van der Waals surface area contributed by atoms with E-state index in [0.29, 0.717) is 59.2 Å². The van der Waals surface area contributed by atoms with E-state index in [9.17, 15) is 26.4 Å². The maximum absolute atomic E-state index is 13.3. The van der Waals surface area contributed by atoms with Crippen LogP contribution in [0.3, 0.4) is 0 Å². The van der Waals surface area contributed by atoms with Gasteiger partial charge in [0.2, 0.25) is 11.9 Å². The number of nitrogens with zero attached hydrogens (tertiary/aromatic N) is 5. The van der Waals surface area contributed by atoms with Crippen LogP contribution in [0.5, 0.6) is 0 Å². The van der Waals surface area contributed by atoms with Crippen LogP contribution in [0.2, 0.25) is 4.34 Å². The Kier molecular flexibility index (Phi) is 8.82.